The van der Waals surface area contributed by atoms with Crippen molar-refractivity contribution in [3.05, 3.63) is 68.0 Å². The fraction of sp³-hybridized carbons (Fsp3) is 0.500. The number of aliphatic hydroxyl groups excluding tert-OH is 1. The Morgan fingerprint density at radius 1 is 1.38 bits per heavy atom. The molecule has 11 nitrogen and oxygen atoms in total. The molecule has 0 amide bonds. The van der Waals surface area contributed by atoms with E-state index >= 15 is 4.39 Å². The highest BCUT2D eigenvalue weighted by Crippen LogP contribution is 2.69. The second-order valence-corrected chi connectivity index (χ2v) is 10.3. The lowest BCUT2D eigenvalue weighted by atomic mass is 9.97. The number of phosphoric ester groups is 1. The molecular formula is C20H21ClFN2O9P. The molecule has 3 fully saturated rings. The largest absolute Gasteiger partial charge is 0.475 e. The Kier molecular flexibility index (Phi) is 5.85. The van der Waals surface area contributed by atoms with E-state index in [1.807, 2.05) is 4.98 Å². The van der Waals surface area contributed by atoms with Crippen LogP contribution < -0.4 is 11.2 Å². The predicted octanol–water partition coefficient (Wildman–Crippen LogP) is 2.21. The zero-order valence-corrected chi connectivity index (χ0v) is 19.4. The van der Waals surface area contributed by atoms with Gasteiger partial charge in [0.1, 0.15) is 19.0 Å². The zero-order chi connectivity index (χ0) is 24.3. The highest BCUT2D eigenvalue weighted by atomic mass is 35.5. The molecule has 1 aromatic carbocycles. The number of rotatable bonds is 6. The summed E-state index contributed by atoms with van der Waals surface area (Å²) in [6.45, 7) is 0.244. The van der Waals surface area contributed by atoms with E-state index in [0.29, 0.717) is 17.0 Å². The zero-order valence-electron chi connectivity index (χ0n) is 17.8. The monoisotopic (exact) mass is 518 g/mol. The van der Waals surface area contributed by atoms with Gasteiger partial charge in [-0.25, -0.2) is 13.8 Å². The van der Waals surface area contributed by atoms with E-state index in [4.69, 9.17) is 34.6 Å². The fourth-order valence-corrected chi connectivity index (χ4v) is 6.40. The van der Waals surface area contributed by atoms with Gasteiger partial charge in [-0.15, -0.1) is 0 Å². The third-order valence-corrected chi connectivity index (χ3v) is 8.00. The van der Waals surface area contributed by atoms with Gasteiger partial charge in [0.2, 0.25) is 0 Å². The van der Waals surface area contributed by atoms with Crippen molar-refractivity contribution in [3.63, 3.8) is 0 Å². The Balaban J connectivity index is 1.39. The molecule has 0 spiro atoms. The van der Waals surface area contributed by atoms with Gasteiger partial charge in [0.15, 0.2) is 17.5 Å². The first-order chi connectivity index (χ1) is 16.1. The standard InChI is InChI=1S/C20H21ClFN2O9P/c1-19(22)17(24-7-5-14(26)23-18(24)27)31-15-16(20(15,19)29-10-25)33-34(28)30-8-6-13(32-34)11-3-2-4-12(21)9-11/h2-5,7,9,13,15-17,25H,6,8,10H2,1H3,(H,23,26,27)/t13-,15+,16?,17+,19-,20-,34-/m0/s1. The lowest BCUT2D eigenvalue weighted by Gasteiger charge is -2.34. The fourth-order valence-electron chi connectivity index (χ4n) is 4.62. The number of H-pyrrole nitrogens is 1. The number of fused-ring (bicyclic) bond motifs is 1. The van der Waals surface area contributed by atoms with Crippen LogP contribution in [-0.4, -0.2) is 51.5 Å². The molecule has 184 valence electrons. The van der Waals surface area contributed by atoms with Crippen LogP contribution in [0.25, 0.3) is 0 Å². The molecule has 1 aromatic heterocycles. The molecule has 3 aliphatic rings. The highest BCUT2D eigenvalue weighted by molar-refractivity contribution is 7.48. The van der Waals surface area contributed by atoms with Gasteiger partial charge in [0.05, 0.1) is 12.7 Å². The molecule has 1 aliphatic carbocycles. The third-order valence-electron chi connectivity index (χ3n) is 6.27. The Bertz CT molecular complexity index is 1270. The number of ether oxygens (including phenoxy) is 2. The van der Waals surface area contributed by atoms with Crippen molar-refractivity contribution in [3.8, 4) is 0 Å². The summed E-state index contributed by atoms with van der Waals surface area (Å²) >= 11 is 6.03. The Morgan fingerprint density at radius 3 is 2.88 bits per heavy atom. The van der Waals surface area contributed by atoms with Gasteiger partial charge in [-0.2, -0.15) is 0 Å². The number of hydrogen-bond donors (Lipinski definition) is 2. The molecule has 0 radical (unpaired) electrons. The Morgan fingerprint density at radius 2 is 2.18 bits per heavy atom. The lowest BCUT2D eigenvalue weighted by molar-refractivity contribution is -0.162. The van der Waals surface area contributed by atoms with Crippen LogP contribution in [0.1, 0.15) is 31.2 Å². The van der Waals surface area contributed by atoms with Crippen LogP contribution in [0.4, 0.5) is 4.39 Å². The van der Waals surface area contributed by atoms with Crippen LogP contribution in [-0.2, 0) is 27.6 Å². The molecule has 0 bridgehead atoms. The number of halogens is 2. The van der Waals surface area contributed by atoms with Crippen molar-refractivity contribution in [2.45, 2.75) is 49.2 Å². The van der Waals surface area contributed by atoms with Crippen molar-refractivity contribution in [2.24, 2.45) is 0 Å². The van der Waals surface area contributed by atoms with Crippen LogP contribution in [0, 0.1) is 0 Å². The lowest BCUT2D eigenvalue weighted by Crippen LogP contribution is -2.49. The van der Waals surface area contributed by atoms with Crippen molar-refractivity contribution < 1.29 is 37.1 Å². The van der Waals surface area contributed by atoms with Gasteiger partial charge in [-0.1, -0.05) is 23.7 Å². The maximum atomic E-state index is 16.2. The van der Waals surface area contributed by atoms with Crippen LogP contribution in [0.15, 0.2) is 46.1 Å². The van der Waals surface area contributed by atoms with Crippen molar-refractivity contribution in [1.82, 2.24) is 9.55 Å². The maximum Gasteiger partial charge on any atom is 0.475 e. The summed E-state index contributed by atoms with van der Waals surface area (Å²) in [4.78, 5) is 25.6. The number of benzene rings is 1. The van der Waals surface area contributed by atoms with Crippen LogP contribution in [0.3, 0.4) is 0 Å². The van der Waals surface area contributed by atoms with Crippen LogP contribution in [0.2, 0.25) is 5.02 Å². The van der Waals surface area contributed by atoms with Gasteiger partial charge in [0.25, 0.3) is 5.56 Å². The van der Waals surface area contributed by atoms with Gasteiger partial charge in [-0.05, 0) is 24.6 Å². The first-order valence-corrected chi connectivity index (χ1v) is 12.2. The number of aliphatic hydroxyl groups is 1. The molecule has 1 unspecified atom stereocenters. The number of nitrogens with zero attached hydrogens (tertiary/aromatic N) is 1. The summed E-state index contributed by atoms with van der Waals surface area (Å²) in [6, 6.07) is 7.86. The first-order valence-electron chi connectivity index (χ1n) is 10.4. The molecule has 7 atom stereocenters. The third kappa shape index (κ3) is 3.69. The summed E-state index contributed by atoms with van der Waals surface area (Å²) in [6.07, 6.45) is -3.11. The van der Waals surface area contributed by atoms with E-state index in [9.17, 15) is 19.3 Å². The van der Waals surface area contributed by atoms with E-state index in [2.05, 4.69) is 0 Å². The highest BCUT2D eigenvalue weighted by Gasteiger charge is 2.87. The van der Waals surface area contributed by atoms with Gasteiger partial charge >= 0.3 is 13.5 Å². The number of aromatic amines is 1. The predicted molar refractivity (Wildman–Crippen MR) is 114 cm³/mol. The van der Waals surface area contributed by atoms with Crippen LogP contribution >= 0.6 is 19.4 Å². The summed E-state index contributed by atoms with van der Waals surface area (Å²) in [5, 5.41) is 9.92. The molecule has 2 saturated heterocycles. The average Bonchev–Trinajstić information content (AvgIpc) is 3.29. The Hall–Kier alpha value is -1.89. The SMILES string of the molecule is C[C@]1(F)[C@H](n2ccc(=O)[nH]c2=O)O[C@@H]2C(O[P@@]3(=O)OCC[C@@H](c4cccc(Cl)c4)O3)[C@@]21OCO. The van der Waals surface area contributed by atoms with Crippen molar-refractivity contribution >= 4 is 19.4 Å². The van der Waals surface area contributed by atoms with Gasteiger partial charge < -0.3 is 14.6 Å². The molecule has 5 rings (SSSR count). The molecule has 2 aliphatic heterocycles. The smallest absolute Gasteiger partial charge is 0.371 e. The molecule has 14 heteroatoms. The molecule has 3 heterocycles. The topological polar surface area (TPSA) is 138 Å². The van der Waals surface area contributed by atoms with Crippen LogP contribution in [0.5, 0.6) is 0 Å². The minimum atomic E-state index is -4.20. The van der Waals surface area contributed by atoms with Crippen molar-refractivity contribution in [1.29, 1.82) is 0 Å². The normalized spacial score (nSPS) is 39.1. The summed E-state index contributed by atoms with van der Waals surface area (Å²) in [5.74, 6) is 0. The van der Waals surface area contributed by atoms with E-state index in [1.54, 1.807) is 24.3 Å². The molecular weight excluding hydrogens is 498 g/mol. The minimum Gasteiger partial charge on any atom is -0.371 e. The number of hydrogen-bond acceptors (Lipinski definition) is 9. The van der Waals surface area contributed by atoms with Gasteiger partial charge in [0, 0.05) is 23.7 Å². The van der Waals surface area contributed by atoms with Crippen molar-refractivity contribution in [2.75, 3.05) is 13.4 Å². The summed E-state index contributed by atoms with van der Waals surface area (Å²) in [7, 11) is -4.20. The average molecular weight is 519 g/mol. The summed E-state index contributed by atoms with van der Waals surface area (Å²) < 4.78 is 57.8. The number of aromatic nitrogens is 2. The minimum absolute atomic E-state index is 0.0445. The molecule has 1 saturated carbocycles. The quantitative estimate of drug-likeness (QED) is 0.435. The summed E-state index contributed by atoms with van der Waals surface area (Å²) in [5.41, 5.74) is -5.24. The first kappa shape index (κ1) is 23.8. The number of alkyl halides is 1. The molecule has 2 N–H and O–H groups in total. The molecule has 2 aromatic rings. The molecule has 34 heavy (non-hydrogen) atoms. The van der Waals surface area contributed by atoms with Gasteiger partial charge in [-0.3, -0.25) is 27.9 Å². The Labute approximate surface area is 196 Å². The number of phosphoric acid groups is 1. The second-order valence-electron chi connectivity index (χ2n) is 8.31. The number of nitrogens with one attached hydrogen (secondary N) is 1. The maximum absolute atomic E-state index is 16.2. The van der Waals surface area contributed by atoms with E-state index in [0.717, 1.165) is 23.8 Å². The van der Waals surface area contributed by atoms with E-state index in [1.165, 1.54) is 0 Å². The van der Waals surface area contributed by atoms with E-state index < -0.39 is 61.7 Å². The van der Waals surface area contributed by atoms with E-state index in [-0.39, 0.29) is 6.61 Å². The second kappa shape index (κ2) is 8.35.